The molecule has 0 amide bonds. The van der Waals surface area contributed by atoms with Gasteiger partial charge in [-0.25, -0.2) is 9.59 Å². The van der Waals surface area contributed by atoms with Gasteiger partial charge in [-0.3, -0.25) is 9.51 Å². The molecule has 0 N–H and O–H groups in total. The molecule has 0 unspecified atom stereocenters. The van der Waals surface area contributed by atoms with Crippen LogP contribution >= 0.6 is 0 Å². The predicted molar refractivity (Wildman–Crippen MR) is 56.8 cm³/mol. The summed E-state index contributed by atoms with van der Waals surface area (Å²) < 4.78 is 47.3. The molecule has 10 heteroatoms. The van der Waals surface area contributed by atoms with Gasteiger partial charge in [0.05, 0.1) is 18.2 Å². The molecule has 0 saturated heterocycles. The van der Waals surface area contributed by atoms with Crippen molar-refractivity contribution in [3.05, 3.63) is 34.6 Å². The third-order valence-corrected chi connectivity index (χ3v) is 2.33. The summed E-state index contributed by atoms with van der Waals surface area (Å²) >= 11 is 0. The molecule has 106 valence electrons. The molecule has 0 bridgehead atoms. The predicted octanol–water partition coefficient (Wildman–Crippen LogP) is 1.53. The van der Waals surface area contributed by atoms with Gasteiger partial charge in [-0.05, 0) is 6.07 Å². The number of pyridine rings is 1. The van der Waals surface area contributed by atoms with E-state index in [1.807, 2.05) is 0 Å². The van der Waals surface area contributed by atoms with Crippen molar-refractivity contribution in [3.63, 3.8) is 0 Å². The minimum absolute atomic E-state index is 0.242. The highest BCUT2D eigenvalue weighted by atomic mass is 19.4. The largest absolute Gasteiger partial charge is 0.452 e. The molecule has 0 saturated carbocycles. The third-order valence-electron chi connectivity index (χ3n) is 2.33. The Bertz CT molecular complexity index is 704. The summed E-state index contributed by atoms with van der Waals surface area (Å²) in [7, 11) is 0.958. The number of carbonyl (C=O) groups excluding carboxylic acids is 1. The number of methoxy groups -OCH3 is 1. The fourth-order valence-electron chi connectivity index (χ4n) is 1.49. The van der Waals surface area contributed by atoms with Crippen LogP contribution in [0.4, 0.5) is 18.0 Å². The second kappa shape index (κ2) is 4.79. The molecule has 2 heterocycles. The molecule has 20 heavy (non-hydrogen) atoms. The van der Waals surface area contributed by atoms with E-state index in [2.05, 4.69) is 19.4 Å². The first-order chi connectivity index (χ1) is 9.36. The molecule has 0 aliphatic rings. The van der Waals surface area contributed by atoms with Gasteiger partial charge in [-0.15, -0.1) is 0 Å². The van der Waals surface area contributed by atoms with Crippen LogP contribution in [0.5, 0.6) is 0 Å². The molecule has 2 rings (SSSR count). The highest BCUT2D eigenvalue weighted by molar-refractivity contribution is 5.76. The number of halogens is 3. The van der Waals surface area contributed by atoms with E-state index in [0.29, 0.717) is 6.07 Å². The minimum Gasteiger partial charge on any atom is -0.452 e. The van der Waals surface area contributed by atoms with Crippen LogP contribution in [0, 0.1) is 0 Å². The first-order valence-corrected chi connectivity index (χ1v) is 5.05. The summed E-state index contributed by atoms with van der Waals surface area (Å²) in [4.78, 5) is 26.2. The maximum Gasteiger partial charge on any atom is 0.451 e. The van der Waals surface area contributed by atoms with E-state index in [0.717, 1.165) is 19.5 Å². The summed E-state index contributed by atoms with van der Waals surface area (Å²) in [6.07, 6.45) is -4.19. The Morgan fingerprint density at radius 2 is 2.15 bits per heavy atom. The quantitative estimate of drug-likeness (QED) is 0.791. The normalized spacial score (nSPS) is 11.4. The molecule has 0 spiro atoms. The first-order valence-electron chi connectivity index (χ1n) is 5.05. The Labute approximate surface area is 108 Å². The van der Waals surface area contributed by atoms with Crippen LogP contribution < -0.4 is 5.76 Å². The molecular weight excluding hydrogens is 283 g/mol. The molecule has 0 aliphatic carbocycles. The second-order valence-corrected chi connectivity index (χ2v) is 3.50. The summed E-state index contributed by atoms with van der Waals surface area (Å²) in [5.74, 6) is -1.90. The smallest absolute Gasteiger partial charge is 0.451 e. The van der Waals surface area contributed by atoms with E-state index < -0.39 is 35.0 Å². The van der Waals surface area contributed by atoms with Crippen molar-refractivity contribution in [2.45, 2.75) is 6.18 Å². The number of aromatic nitrogens is 3. The molecule has 0 radical (unpaired) electrons. The lowest BCUT2D eigenvalue weighted by Gasteiger charge is -2.10. The summed E-state index contributed by atoms with van der Waals surface area (Å²) in [6, 6.07) is 0.691. The van der Waals surface area contributed by atoms with Crippen molar-refractivity contribution in [2.24, 2.45) is 0 Å². The number of alkyl halides is 3. The van der Waals surface area contributed by atoms with Gasteiger partial charge in [0, 0.05) is 12.4 Å². The lowest BCUT2D eigenvalue weighted by atomic mass is 10.1. The van der Waals surface area contributed by atoms with Gasteiger partial charge in [0.15, 0.2) is 5.82 Å². The van der Waals surface area contributed by atoms with Gasteiger partial charge in [0.25, 0.3) is 0 Å². The lowest BCUT2D eigenvalue weighted by molar-refractivity contribution is -0.137. The Morgan fingerprint density at radius 1 is 1.45 bits per heavy atom. The van der Waals surface area contributed by atoms with Crippen LogP contribution in [0.2, 0.25) is 0 Å². The third kappa shape index (κ3) is 2.27. The van der Waals surface area contributed by atoms with Crippen molar-refractivity contribution in [2.75, 3.05) is 7.11 Å². The van der Waals surface area contributed by atoms with Crippen molar-refractivity contribution in [3.8, 4) is 11.4 Å². The summed E-state index contributed by atoms with van der Waals surface area (Å²) in [5, 5.41) is 3.16. The zero-order valence-electron chi connectivity index (χ0n) is 9.84. The van der Waals surface area contributed by atoms with Crippen LogP contribution in [0.1, 0.15) is 5.56 Å². The van der Waals surface area contributed by atoms with Crippen LogP contribution in [0.25, 0.3) is 11.4 Å². The van der Waals surface area contributed by atoms with Gasteiger partial charge in [-0.1, -0.05) is 5.16 Å². The van der Waals surface area contributed by atoms with Gasteiger partial charge in [-0.2, -0.15) is 17.7 Å². The van der Waals surface area contributed by atoms with E-state index in [1.165, 1.54) is 0 Å². The Morgan fingerprint density at radius 3 is 2.75 bits per heavy atom. The average molecular weight is 289 g/mol. The number of hydrogen-bond acceptors (Lipinski definition) is 6. The molecule has 2 aromatic heterocycles. The maximum absolute atomic E-state index is 12.9. The van der Waals surface area contributed by atoms with Gasteiger partial charge in [0.2, 0.25) is 0 Å². The van der Waals surface area contributed by atoms with Gasteiger partial charge in [0.1, 0.15) is 0 Å². The molecule has 0 aromatic carbocycles. The van der Waals surface area contributed by atoms with Crippen molar-refractivity contribution >= 4 is 6.09 Å². The lowest BCUT2D eigenvalue weighted by Crippen LogP contribution is -2.24. The molecule has 0 aliphatic heterocycles. The SMILES string of the molecule is COC(=O)n1c(-c2cnccc2C(F)(F)F)noc1=O. The average Bonchev–Trinajstić information content (AvgIpc) is 2.78. The van der Waals surface area contributed by atoms with Crippen molar-refractivity contribution in [1.82, 2.24) is 14.7 Å². The monoisotopic (exact) mass is 289 g/mol. The van der Waals surface area contributed by atoms with Crippen LogP contribution in [-0.4, -0.2) is 27.9 Å². The van der Waals surface area contributed by atoms with Crippen molar-refractivity contribution < 1.29 is 27.2 Å². The molecule has 2 aromatic rings. The van der Waals surface area contributed by atoms with E-state index >= 15 is 0 Å². The van der Waals surface area contributed by atoms with E-state index in [1.54, 1.807) is 0 Å². The van der Waals surface area contributed by atoms with E-state index in [-0.39, 0.29) is 4.57 Å². The maximum atomic E-state index is 12.9. The highest BCUT2D eigenvalue weighted by Gasteiger charge is 2.36. The Balaban J connectivity index is 2.71. The number of carbonyl (C=O) groups is 1. The zero-order valence-corrected chi connectivity index (χ0v) is 9.84. The van der Waals surface area contributed by atoms with E-state index in [4.69, 9.17) is 0 Å². The number of ether oxygens (including phenoxy) is 1. The van der Waals surface area contributed by atoms with Gasteiger partial charge < -0.3 is 4.74 Å². The Kier molecular flexibility index (Phi) is 3.30. The molecule has 0 atom stereocenters. The van der Waals surface area contributed by atoms with E-state index in [9.17, 15) is 22.8 Å². The first kappa shape index (κ1) is 13.8. The standard InChI is InChI=1S/C10H6F3N3O4/c1-19-8(17)16-7(15-20-9(16)18)5-4-14-3-2-6(5)10(11,12)13/h2-4H,1H3. The fourth-order valence-corrected chi connectivity index (χ4v) is 1.49. The molecular formula is C10H6F3N3O4. The second-order valence-electron chi connectivity index (χ2n) is 3.50. The number of rotatable bonds is 1. The van der Waals surface area contributed by atoms with Crippen LogP contribution in [-0.2, 0) is 10.9 Å². The van der Waals surface area contributed by atoms with Crippen LogP contribution in [0.3, 0.4) is 0 Å². The molecule has 7 nitrogen and oxygen atoms in total. The summed E-state index contributed by atoms with van der Waals surface area (Å²) in [6.45, 7) is 0. The van der Waals surface area contributed by atoms with Gasteiger partial charge >= 0.3 is 18.0 Å². The zero-order chi connectivity index (χ0) is 14.9. The summed E-state index contributed by atoms with van der Waals surface area (Å²) in [5.41, 5.74) is -1.69. The van der Waals surface area contributed by atoms with Crippen molar-refractivity contribution in [1.29, 1.82) is 0 Å². The number of hydrogen-bond donors (Lipinski definition) is 0. The number of nitrogens with zero attached hydrogens (tertiary/aromatic N) is 3. The topological polar surface area (TPSA) is 87.2 Å². The highest BCUT2D eigenvalue weighted by Crippen LogP contribution is 2.35. The fraction of sp³-hybridized carbons (Fsp3) is 0.200. The van der Waals surface area contributed by atoms with Crippen LogP contribution in [0.15, 0.2) is 27.8 Å². The molecule has 0 fully saturated rings. The minimum atomic E-state index is -4.71. The Hall–Kier alpha value is -2.65.